The molecule has 0 fully saturated rings. The zero-order valence-electron chi connectivity index (χ0n) is 14.9. The van der Waals surface area contributed by atoms with Crippen molar-refractivity contribution in [3.05, 3.63) is 64.2 Å². The molecule has 0 aliphatic heterocycles. The van der Waals surface area contributed by atoms with E-state index >= 15 is 0 Å². The second-order valence-corrected chi connectivity index (χ2v) is 6.50. The van der Waals surface area contributed by atoms with Gasteiger partial charge in [-0.25, -0.2) is 0 Å². The van der Waals surface area contributed by atoms with Crippen molar-refractivity contribution in [3.63, 3.8) is 0 Å². The first kappa shape index (κ1) is 18.2. The van der Waals surface area contributed by atoms with Gasteiger partial charge in [-0.2, -0.15) is 0 Å². The lowest BCUT2D eigenvalue weighted by molar-refractivity contribution is -0.384. The monoisotopic (exact) mass is 366 g/mol. The summed E-state index contributed by atoms with van der Waals surface area (Å²) in [4.78, 5) is 22.4. The quantitative estimate of drug-likeness (QED) is 0.396. The van der Waals surface area contributed by atoms with Crippen LogP contribution in [0.4, 0.5) is 11.4 Å². The number of amides is 1. The first-order chi connectivity index (χ1) is 12.9. The number of hydrogen-bond acceptors (Lipinski definition) is 5. The van der Waals surface area contributed by atoms with Crippen LogP contribution < -0.4 is 0 Å². The van der Waals surface area contributed by atoms with Gasteiger partial charge < -0.3 is 9.67 Å². The molecule has 2 aromatic carbocycles. The number of nitro groups is 1. The van der Waals surface area contributed by atoms with Gasteiger partial charge in [0.1, 0.15) is 0 Å². The van der Waals surface area contributed by atoms with Crippen molar-refractivity contribution < 1.29 is 14.8 Å². The molecule has 1 amide bonds. The van der Waals surface area contributed by atoms with E-state index in [4.69, 9.17) is 0 Å². The van der Waals surface area contributed by atoms with Crippen LogP contribution in [0.25, 0.3) is 10.9 Å². The molecule has 8 nitrogen and oxygen atoms in total. The fourth-order valence-electron chi connectivity index (χ4n) is 2.80. The predicted octanol–water partition coefficient (Wildman–Crippen LogP) is 4.84. The van der Waals surface area contributed by atoms with Gasteiger partial charge in [-0.15, -0.1) is 10.2 Å². The van der Waals surface area contributed by atoms with E-state index in [1.807, 2.05) is 32.0 Å². The zero-order valence-corrected chi connectivity index (χ0v) is 14.9. The summed E-state index contributed by atoms with van der Waals surface area (Å²) in [5.41, 5.74) is 1.09. The molecule has 138 valence electrons. The Morgan fingerprint density at radius 3 is 2.48 bits per heavy atom. The number of azo groups is 1. The molecule has 1 heterocycles. The third kappa shape index (κ3) is 3.69. The lowest BCUT2D eigenvalue weighted by Crippen LogP contribution is -2.03. The number of carbonyl (C=O) groups is 1. The maximum absolute atomic E-state index is 12.2. The second-order valence-electron chi connectivity index (χ2n) is 6.50. The molecule has 1 aromatic heterocycles. The summed E-state index contributed by atoms with van der Waals surface area (Å²) in [6, 6.07) is 12.5. The Morgan fingerprint density at radius 2 is 1.85 bits per heavy atom. The van der Waals surface area contributed by atoms with E-state index in [0.29, 0.717) is 17.8 Å². The Hall–Kier alpha value is -3.55. The molecule has 8 heteroatoms. The van der Waals surface area contributed by atoms with E-state index in [1.165, 1.54) is 24.3 Å². The van der Waals surface area contributed by atoms with E-state index in [0.717, 1.165) is 5.52 Å². The van der Waals surface area contributed by atoms with Crippen LogP contribution in [0.5, 0.6) is 5.88 Å². The van der Waals surface area contributed by atoms with Crippen molar-refractivity contribution >= 4 is 28.2 Å². The number of non-ortho nitro benzene ring substituents is 1. The minimum absolute atomic E-state index is 0.0508. The van der Waals surface area contributed by atoms with Crippen LogP contribution in [-0.2, 0) is 6.54 Å². The van der Waals surface area contributed by atoms with Crippen LogP contribution in [0, 0.1) is 16.0 Å². The molecule has 0 aliphatic rings. The van der Waals surface area contributed by atoms with Crippen molar-refractivity contribution in [1.29, 1.82) is 0 Å². The fourth-order valence-corrected chi connectivity index (χ4v) is 2.80. The Bertz CT molecular complexity index is 1040. The highest BCUT2D eigenvalue weighted by Gasteiger charge is 2.17. The first-order valence-electron chi connectivity index (χ1n) is 8.39. The van der Waals surface area contributed by atoms with E-state index in [1.54, 1.807) is 10.6 Å². The molecule has 0 unspecified atom stereocenters. The molecular formula is C19H18N4O4. The van der Waals surface area contributed by atoms with Crippen molar-refractivity contribution in [3.8, 4) is 5.88 Å². The summed E-state index contributed by atoms with van der Waals surface area (Å²) in [7, 11) is 0. The van der Waals surface area contributed by atoms with Gasteiger partial charge in [0.15, 0.2) is 5.69 Å². The smallest absolute Gasteiger partial charge is 0.295 e. The van der Waals surface area contributed by atoms with Crippen LogP contribution in [0.15, 0.2) is 58.8 Å². The van der Waals surface area contributed by atoms with Crippen LogP contribution in [0.2, 0.25) is 0 Å². The minimum atomic E-state index is -0.648. The summed E-state index contributed by atoms with van der Waals surface area (Å²) in [5.74, 6) is -0.395. The van der Waals surface area contributed by atoms with Crippen LogP contribution >= 0.6 is 0 Å². The molecule has 27 heavy (non-hydrogen) atoms. The van der Waals surface area contributed by atoms with Crippen molar-refractivity contribution in [2.75, 3.05) is 0 Å². The number of carbonyl (C=O) groups excluding carboxylic acids is 1. The normalized spacial score (nSPS) is 11.5. The zero-order chi connectivity index (χ0) is 19.6. The third-order valence-corrected chi connectivity index (χ3v) is 4.03. The molecule has 0 saturated heterocycles. The average molecular weight is 366 g/mol. The minimum Gasteiger partial charge on any atom is -0.493 e. The van der Waals surface area contributed by atoms with Crippen molar-refractivity contribution in [1.82, 2.24) is 4.57 Å². The highest BCUT2D eigenvalue weighted by Crippen LogP contribution is 2.39. The topological polar surface area (TPSA) is 110 Å². The van der Waals surface area contributed by atoms with Gasteiger partial charge in [-0.1, -0.05) is 32.0 Å². The number of fused-ring (bicyclic) bond motifs is 1. The Labute approximate surface area is 154 Å². The number of para-hydroxylation sites is 1. The second kappa shape index (κ2) is 7.36. The Morgan fingerprint density at radius 1 is 1.19 bits per heavy atom. The van der Waals surface area contributed by atoms with Gasteiger partial charge in [0.2, 0.25) is 5.88 Å². The molecule has 0 atom stereocenters. The predicted molar refractivity (Wildman–Crippen MR) is 100 cm³/mol. The van der Waals surface area contributed by atoms with E-state index in [9.17, 15) is 20.0 Å². The number of aromatic hydroxyl groups is 1. The van der Waals surface area contributed by atoms with Gasteiger partial charge in [0.25, 0.3) is 11.6 Å². The third-order valence-electron chi connectivity index (χ3n) is 4.03. The largest absolute Gasteiger partial charge is 0.493 e. The molecule has 0 aliphatic carbocycles. The highest BCUT2D eigenvalue weighted by atomic mass is 16.6. The van der Waals surface area contributed by atoms with Gasteiger partial charge in [-0.3, -0.25) is 14.9 Å². The number of nitro benzene ring substituents is 1. The molecule has 0 spiro atoms. The molecule has 1 N–H and O–H groups in total. The van der Waals surface area contributed by atoms with Crippen LogP contribution in [0.3, 0.4) is 0 Å². The van der Waals surface area contributed by atoms with E-state index in [2.05, 4.69) is 10.2 Å². The van der Waals surface area contributed by atoms with Crippen LogP contribution in [-0.4, -0.2) is 20.5 Å². The summed E-state index contributed by atoms with van der Waals surface area (Å²) in [6.07, 6.45) is 0. The lowest BCUT2D eigenvalue weighted by atomic mass is 10.2. The summed E-state index contributed by atoms with van der Waals surface area (Å²) in [6.45, 7) is 4.67. The van der Waals surface area contributed by atoms with E-state index in [-0.39, 0.29) is 22.8 Å². The number of rotatable bonds is 5. The molecule has 0 radical (unpaired) electrons. The highest BCUT2D eigenvalue weighted by molar-refractivity contribution is 5.97. The molecule has 0 bridgehead atoms. The maximum atomic E-state index is 12.2. The molecule has 3 rings (SSSR count). The average Bonchev–Trinajstić information content (AvgIpc) is 2.91. The van der Waals surface area contributed by atoms with E-state index < -0.39 is 10.8 Å². The van der Waals surface area contributed by atoms with Gasteiger partial charge in [0.05, 0.1) is 10.4 Å². The summed E-state index contributed by atoms with van der Waals surface area (Å²) in [5, 5.41) is 29.6. The van der Waals surface area contributed by atoms with Crippen molar-refractivity contribution in [2.24, 2.45) is 16.1 Å². The van der Waals surface area contributed by atoms with Gasteiger partial charge in [-0.05, 0) is 24.1 Å². The standard InChI is InChI=1S/C19H18N4O4/c1-12(2)11-22-16-6-4-3-5-15(16)17(19(22)25)20-21-18(24)13-7-9-14(10-8-13)23(26)27/h3-10,12,25H,11H2,1-2H3. The Balaban J connectivity index is 1.95. The van der Waals surface area contributed by atoms with Crippen LogP contribution in [0.1, 0.15) is 24.2 Å². The maximum Gasteiger partial charge on any atom is 0.295 e. The fraction of sp³-hybridized carbons (Fsp3) is 0.211. The first-order valence-corrected chi connectivity index (χ1v) is 8.39. The number of benzene rings is 2. The van der Waals surface area contributed by atoms with Gasteiger partial charge >= 0.3 is 0 Å². The van der Waals surface area contributed by atoms with Crippen molar-refractivity contribution in [2.45, 2.75) is 20.4 Å². The number of nitrogens with zero attached hydrogens (tertiary/aromatic N) is 4. The summed E-state index contributed by atoms with van der Waals surface area (Å²) < 4.78 is 1.74. The number of aromatic nitrogens is 1. The lowest BCUT2D eigenvalue weighted by Gasteiger charge is -2.09. The summed E-state index contributed by atoms with van der Waals surface area (Å²) >= 11 is 0. The molecule has 0 saturated carbocycles. The SMILES string of the molecule is CC(C)Cn1c(O)c(N=NC(=O)c2ccc([N+](=O)[O-])cc2)c2ccccc21. The van der Waals surface area contributed by atoms with Gasteiger partial charge in [0, 0.05) is 29.6 Å². The molecular weight excluding hydrogens is 348 g/mol. The molecule has 3 aromatic rings. The number of hydrogen-bond donors (Lipinski definition) is 1. The Kier molecular flexibility index (Phi) is 4.98.